The lowest BCUT2D eigenvalue weighted by Crippen LogP contribution is -2.47. The van der Waals surface area contributed by atoms with Crippen LogP contribution in [0, 0.1) is 11.8 Å². The van der Waals surface area contributed by atoms with Gasteiger partial charge in [0, 0.05) is 24.1 Å². The van der Waals surface area contributed by atoms with Crippen molar-refractivity contribution in [3.05, 3.63) is 34.3 Å². The number of hydrogen-bond donors (Lipinski definition) is 1. The number of carbonyl (C=O) groups is 1. The van der Waals surface area contributed by atoms with Crippen LogP contribution >= 0.6 is 15.9 Å². The first kappa shape index (κ1) is 15.4. The molecule has 0 spiro atoms. The molecule has 110 valence electrons. The summed E-state index contributed by atoms with van der Waals surface area (Å²) < 4.78 is 1.08. The number of urea groups is 1. The number of rotatable bonds is 3. The standard InChI is InChI=1S/C16H23BrN2O/c1-12-9-13(2)11-19(10-12)16(20)18-8-7-14-3-5-15(17)6-4-14/h3-6,12-13H,7-11H2,1-2H3,(H,18,20). The first-order valence-electron chi connectivity index (χ1n) is 7.32. The summed E-state index contributed by atoms with van der Waals surface area (Å²) in [6.07, 6.45) is 2.10. The van der Waals surface area contributed by atoms with Crippen LogP contribution in [-0.4, -0.2) is 30.6 Å². The van der Waals surface area contributed by atoms with Crippen molar-refractivity contribution in [2.45, 2.75) is 26.7 Å². The minimum atomic E-state index is 0.0838. The Bertz CT molecular complexity index is 436. The quantitative estimate of drug-likeness (QED) is 0.895. The third-order valence-electron chi connectivity index (χ3n) is 3.76. The Hall–Kier alpha value is -1.03. The summed E-state index contributed by atoms with van der Waals surface area (Å²) >= 11 is 3.42. The van der Waals surface area contributed by atoms with Gasteiger partial charge >= 0.3 is 6.03 Å². The highest BCUT2D eigenvalue weighted by atomic mass is 79.9. The summed E-state index contributed by atoms with van der Waals surface area (Å²) in [7, 11) is 0. The maximum absolute atomic E-state index is 12.1. The molecule has 1 aromatic rings. The summed E-state index contributed by atoms with van der Waals surface area (Å²) in [5.74, 6) is 1.21. The van der Waals surface area contributed by atoms with Crippen LogP contribution in [0.2, 0.25) is 0 Å². The highest BCUT2D eigenvalue weighted by Gasteiger charge is 2.24. The number of nitrogens with zero attached hydrogens (tertiary/aromatic N) is 1. The monoisotopic (exact) mass is 338 g/mol. The number of carbonyl (C=O) groups excluding carboxylic acids is 1. The van der Waals surface area contributed by atoms with E-state index >= 15 is 0 Å². The lowest BCUT2D eigenvalue weighted by atomic mass is 9.92. The van der Waals surface area contributed by atoms with E-state index in [9.17, 15) is 4.79 Å². The van der Waals surface area contributed by atoms with Crippen LogP contribution in [0.3, 0.4) is 0 Å². The van der Waals surface area contributed by atoms with Gasteiger partial charge in [-0.3, -0.25) is 0 Å². The van der Waals surface area contributed by atoms with E-state index in [1.165, 1.54) is 12.0 Å². The normalized spacial score (nSPS) is 22.6. The van der Waals surface area contributed by atoms with Crippen molar-refractivity contribution in [2.75, 3.05) is 19.6 Å². The van der Waals surface area contributed by atoms with Crippen molar-refractivity contribution in [3.8, 4) is 0 Å². The number of hydrogen-bond acceptors (Lipinski definition) is 1. The van der Waals surface area contributed by atoms with E-state index in [2.05, 4.69) is 47.2 Å². The van der Waals surface area contributed by atoms with Gasteiger partial charge in [-0.2, -0.15) is 0 Å². The van der Waals surface area contributed by atoms with E-state index in [-0.39, 0.29) is 6.03 Å². The van der Waals surface area contributed by atoms with Crippen LogP contribution in [-0.2, 0) is 6.42 Å². The second-order valence-electron chi connectivity index (χ2n) is 5.96. The summed E-state index contributed by atoms with van der Waals surface area (Å²) in [5.41, 5.74) is 1.24. The lowest BCUT2D eigenvalue weighted by Gasteiger charge is -2.34. The van der Waals surface area contributed by atoms with Crippen LogP contribution in [0.4, 0.5) is 4.79 Å². The Balaban J connectivity index is 1.76. The van der Waals surface area contributed by atoms with Gasteiger partial charge in [0.25, 0.3) is 0 Å². The predicted octanol–water partition coefficient (Wildman–Crippen LogP) is 3.68. The molecular formula is C16H23BrN2O. The molecule has 0 bridgehead atoms. The summed E-state index contributed by atoms with van der Waals surface area (Å²) in [6.45, 7) is 6.90. The number of likely N-dealkylation sites (tertiary alicyclic amines) is 1. The average molecular weight is 339 g/mol. The van der Waals surface area contributed by atoms with Gasteiger partial charge in [0.15, 0.2) is 0 Å². The molecule has 4 heteroatoms. The van der Waals surface area contributed by atoms with E-state index in [1.54, 1.807) is 0 Å². The number of halogens is 1. The maximum Gasteiger partial charge on any atom is 0.317 e. The molecule has 1 N–H and O–H groups in total. The van der Waals surface area contributed by atoms with Gasteiger partial charge in [-0.05, 0) is 42.4 Å². The molecule has 1 aromatic carbocycles. The molecule has 1 fully saturated rings. The van der Waals surface area contributed by atoms with E-state index in [4.69, 9.17) is 0 Å². The van der Waals surface area contributed by atoms with Gasteiger partial charge in [0.2, 0.25) is 0 Å². The molecule has 2 unspecified atom stereocenters. The van der Waals surface area contributed by atoms with Crippen LogP contribution < -0.4 is 5.32 Å². The zero-order chi connectivity index (χ0) is 14.5. The molecule has 20 heavy (non-hydrogen) atoms. The molecule has 0 radical (unpaired) electrons. The van der Waals surface area contributed by atoms with Gasteiger partial charge in [0.1, 0.15) is 0 Å². The number of nitrogens with one attached hydrogen (secondary N) is 1. The number of piperidine rings is 1. The maximum atomic E-state index is 12.1. The highest BCUT2D eigenvalue weighted by Crippen LogP contribution is 2.20. The average Bonchev–Trinajstić information content (AvgIpc) is 2.40. The van der Waals surface area contributed by atoms with Crippen LogP contribution in [0.5, 0.6) is 0 Å². The number of benzene rings is 1. The molecule has 0 aromatic heterocycles. The van der Waals surface area contributed by atoms with Crippen LogP contribution in [0.25, 0.3) is 0 Å². The second-order valence-corrected chi connectivity index (χ2v) is 6.88. The fourth-order valence-corrected chi connectivity index (χ4v) is 3.17. The molecule has 1 aliphatic rings. The molecule has 3 nitrogen and oxygen atoms in total. The van der Waals surface area contributed by atoms with Crippen molar-refractivity contribution in [1.29, 1.82) is 0 Å². The Morgan fingerprint density at radius 3 is 2.45 bits per heavy atom. The first-order chi connectivity index (χ1) is 9.54. The third-order valence-corrected chi connectivity index (χ3v) is 4.29. The molecule has 1 saturated heterocycles. The van der Waals surface area contributed by atoms with Crippen LogP contribution in [0.15, 0.2) is 28.7 Å². The number of amides is 2. The minimum absolute atomic E-state index is 0.0838. The molecule has 2 atom stereocenters. The van der Waals surface area contributed by atoms with Gasteiger partial charge in [0.05, 0.1) is 0 Å². The van der Waals surface area contributed by atoms with E-state index in [0.717, 1.165) is 24.0 Å². The fourth-order valence-electron chi connectivity index (χ4n) is 2.91. The topological polar surface area (TPSA) is 32.3 Å². The minimum Gasteiger partial charge on any atom is -0.338 e. The van der Waals surface area contributed by atoms with Gasteiger partial charge in [-0.25, -0.2) is 4.79 Å². The van der Waals surface area contributed by atoms with Gasteiger partial charge < -0.3 is 10.2 Å². The molecule has 0 aliphatic carbocycles. The summed E-state index contributed by atoms with van der Waals surface area (Å²) in [5, 5.41) is 3.03. The largest absolute Gasteiger partial charge is 0.338 e. The molecule has 1 aliphatic heterocycles. The Morgan fingerprint density at radius 2 is 1.85 bits per heavy atom. The molecule has 1 heterocycles. The molecule has 2 rings (SSSR count). The highest BCUT2D eigenvalue weighted by molar-refractivity contribution is 9.10. The van der Waals surface area contributed by atoms with Crippen molar-refractivity contribution in [3.63, 3.8) is 0 Å². The summed E-state index contributed by atoms with van der Waals surface area (Å²) in [6, 6.07) is 8.32. The van der Waals surface area contributed by atoms with Gasteiger partial charge in [-0.15, -0.1) is 0 Å². The van der Waals surface area contributed by atoms with Crippen molar-refractivity contribution in [2.24, 2.45) is 11.8 Å². The van der Waals surface area contributed by atoms with E-state index in [0.29, 0.717) is 18.4 Å². The van der Waals surface area contributed by atoms with Gasteiger partial charge in [-0.1, -0.05) is 41.9 Å². The van der Waals surface area contributed by atoms with Crippen molar-refractivity contribution in [1.82, 2.24) is 10.2 Å². The summed E-state index contributed by atoms with van der Waals surface area (Å²) in [4.78, 5) is 14.1. The first-order valence-corrected chi connectivity index (χ1v) is 8.11. The smallest absolute Gasteiger partial charge is 0.317 e. The second kappa shape index (κ2) is 7.11. The Morgan fingerprint density at radius 1 is 1.25 bits per heavy atom. The fraction of sp³-hybridized carbons (Fsp3) is 0.562. The zero-order valence-corrected chi connectivity index (χ0v) is 13.8. The zero-order valence-electron chi connectivity index (χ0n) is 12.2. The lowest BCUT2D eigenvalue weighted by molar-refractivity contribution is 0.146. The van der Waals surface area contributed by atoms with E-state index < -0.39 is 0 Å². The van der Waals surface area contributed by atoms with Crippen molar-refractivity contribution >= 4 is 22.0 Å². The van der Waals surface area contributed by atoms with E-state index in [1.807, 2.05) is 17.0 Å². The van der Waals surface area contributed by atoms with Crippen molar-refractivity contribution < 1.29 is 4.79 Å². The predicted molar refractivity (Wildman–Crippen MR) is 85.8 cm³/mol. The SMILES string of the molecule is CC1CC(C)CN(C(=O)NCCc2ccc(Br)cc2)C1. The Labute approximate surface area is 129 Å². The molecular weight excluding hydrogens is 316 g/mol. The Kier molecular flexibility index (Phi) is 5.46. The molecule has 0 saturated carbocycles. The molecule has 2 amide bonds. The third kappa shape index (κ3) is 4.51. The van der Waals surface area contributed by atoms with Crippen LogP contribution in [0.1, 0.15) is 25.8 Å².